The van der Waals surface area contributed by atoms with E-state index in [1.54, 1.807) is 29.2 Å². The van der Waals surface area contributed by atoms with Crippen molar-refractivity contribution in [3.63, 3.8) is 0 Å². The van der Waals surface area contributed by atoms with Crippen LogP contribution in [0.25, 0.3) is 11.4 Å². The van der Waals surface area contributed by atoms with Crippen LogP contribution in [0.1, 0.15) is 25.3 Å². The van der Waals surface area contributed by atoms with Crippen molar-refractivity contribution < 1.29 is 22.5 Å². The van der Waals surface area contributed by atoms with Gasteiger partial charge >= 0.3 is 18.1 Å². The molecule has 0 radical (unpaired) electrons. The summed E-state index contributed by atoms with van der Waals surface area (Å²) in [6.07, 6.45) is -4.67. The number of hydrogen-bond donors (Lipinski definition) is 1. The summed E-state index contributed by atoms with van der Waals surface area (Å²) < 4.78 is 41.6. The highest BCUT2D eigenvalue weighted by atomic mass is 19.4. The van der Waals surface area contributed by atoms with E-state index in [-0.39, 0.29) is 11.9 Å². The molecule has 0 aliphatic rings. The van der Waals surface area contributed by atoms with Gasteiger partial charge in [-0.15, -0.1) is 0 Å². The molecule has 0 saturated carbocycles. The van der Waals surface area contributed by atoms with Gasteiger partial charge in [0.05, 0.1) is 0 Å². The Labute approximate surface area is 136 Å². The lowest BCUT2D eigenvalue weighted by atomic mass is 10.1. The third kappa shape index (κ3) is 4.24. The molecule has 2 amide bonds. The van der Waals surface area contributed by atoms with E-state index in [1.807, 2.05) is 13.8 Å². The van der Waals surface area contributed by atoms with Crippen molar-refractivity contribution in [3.05, 3.63) is 35.7 Å². The molecule has 130 valence electrons. The number of nitrogens with zero attached hydrogens (tertiary/aromatic N) is 3. The molecule has 2 rings (SSSR count). The van der Waals surface area contributed by atoms with E-state index in [9.17, 15) is 18.0 Å². The SMILES string of the molecule is CCNC(=O)N(CC)Cc1ccc(-c2noc(C(F)(F)F)n2)cc1. The maximum atomic E-state index is 12.5. The standard InChI is InChI=1S/C15H17F3N4O2/c1-3-19-14(23)22(4-2)9-10-5-7-11(8-6-10)12-20-13(24-21-12)15(16,17)18/h5-8H,3-4,9H2,1-2H3,(H,19,23). The number of carbonyl (C=O) groups excluding carboxylic acids is 1. The van der Waals surface area contributed by atoms with Crippen LogP contribution in [0, 0.1) is 0 Å². The van der Waals surface area contributed by atoms with Gasteiger partial charge in [-0.2, -0.15) is 18.2 Å². The first-order chi connectivity index (χ1) is 11.3. The van der Waals surface area contributed by atoms with E-state index in [0.29, 0.717) is 25.2 Å². The highest BCUT2D eigenvalue weighted by Crippen LogP contribution is 2.29. The Kier molecular flexibility index (Phi) is 5.42. The average molecular weight is 342 g/mol. The molecule has 0 aliphatic carbocycles. The Morgan fingerprint density at radius 2 is 1.92 bits per heavy atom. The van der Waals surface area contributed by atoms with Crippen LogP contribution in [-0.4, -0.2) is 34.2 Å². The number of hydrogen-bond acceptors (Lipinski definition) is 4. The number of amides is 2. The number of benzene rings is 1. The van der Waals surface area contributed by atoms with Crippen molar-refractivity contribution in [1.82, 2.24) is 20.4 Å². The molecule has 1 heterocycles. The van der Waals surface area contributed by atoms with Gasteiger partial charge in [0.25, 0.3) is 0 Å². The van der Waals surface area contributed by atoms with Crippen molar-refractivity contribution in [2.45, 2.75) is 26.6 Å². The summed E-state index contributed by atoms with van der Waals surface area (Å²) >= 11 is 0. The van der Waals surface area contributed by atoms with E-state index >= 15 is 0 Å². The lowest BCUT2D eigenvalue weighted by Crippen LogP contribution is -2.39. The van der Waals surface area contributed by atoms with Crippen LogP contribution in [0.15, 0.2) is 28.8 Å². The van der Waals surface area contributed by atoms with E-state index < -0.39 is 12.1 Å². The molecule has 1 N–H and O–H groups in total. The fourth-order valence-electron chi connectivity index (χ4n) is 2.03. The Hall–Kier alpha value is -2.58. The van der Waals surface area contributed by atoms with Gasteiger partial charge in [0.15, 0.2) is 0 Å². The molecule has 0 atom stereocenters. The molecule has 2 aromatic rings. The van der Waals surface area contributed by atoms with Crippen LogP contribution < -0.4 is 5.32 Å². The predicted molar refractivity (Wildman–Crippen MR) is 79.9 cm³/mol. The highest BCUT2D eigenvalue weighted by Gasteiger charge is 2.38. The van der Waals surface area contributed by atoms with Crippen molar-refractivity contribution in [2.24, 2.45) is 0 Å². The fourth-order valence-corrected chi connectivity index (χ4v) is 2.03. The Morgan fingerprint density at radius 1 is 1.25 bits per heavy atom. The Morgan fingerprint density at radius 3 is 2.42 bits per heavy atom. The number of aromatic nitrogens is 2. The minimum absolute atomic E-state index is 0.134. The average Bonchev–Trinajstić information content (AvgIpc) is 3.03. The topological polar surface area (TPSA) is 71.3 Å². The Bertz CT molecular complexity index is 683. The van der Waals surface area contributed by atoms with Crippen LogP contribution in [0.3, 0.4) is 0 Å². The van der Waals surface area contributed by atoms with Gasteiger partial charge in [0.1, 0.15) is 0 Å². The van der Waals surface area contributed by atoms with Gasteiger partial charge in [0.2, 0.25) is 5.82 Å². The molecular weight excluding hydrogens is 325 g/mol. The maximum absolute atomic E-state index is 12.5. The van der Waals surface area contributed by atoms with E-state index in [2.05, 4.69) is 20.0 Å². The second-order valence-corrected chi connectivity index (χ2v) is 4.97. The lowest BCUT2D eigenvalue weighted by Gasteiger charge is -2.21. The number of alkyl halides is 3. The Balaban J connectivity index is 2.10. The van der Waals surface area contributed by atoms with Crippen molar-refractivity contribution in [2.75, 3.05) is 13.1 Å². The largest absolute Gasteiger partial charge is 0.471 e. The summed E-state index contributed by atoms with van der Waals surface area (Å²) in [5.41, 5.74) is 1.24. The third-order valence-electron chi connectivity index (χ3n) is 3.25. The molecule has 0 aliphatic heterocycles. The second-order valence-electron chi connectivity index (χ2n) is 4.97. The van der Waals surface area contributed by atoms with Gasteiger partial charge < -0.3 is 14.7 Å². The molecule has 0 fully saturated rings. The zero-order chi connectivity index (χ0) is 17.7. The van der Waals surface area contributed by atoms with Gasteiger partial charge in [0, 0.05) is 25.2 Å². The molecule has 24 heavy (non-hydrogen) atoms. The van der Waals surface area contributed by atoms with Crippen LogP contribution >= 0.6 is 0 Å². The molecule has 0 unspecified atom stereocenters. The van der Waals surface area contributed by atoms with Gasteiger partial charge in [-0.05, 0) is 19.4 Å². The fraction of sp³-hybridized carbons (Fsp3) is 0.400. The van der Waals surface area contributed by atoms with E-state index in [0.717, 1.165) is 5.56 Å². The number of carbonyl (C=O) groups is 1. The number of halogens is 3. The molecule has 1 aromatic carbocycles. The van der Waals surface area contributed by atoms with Crippen molar-refractivity contribution in [1.29, 1.82) is 0 Å². The minimum Gasteiger partial charge on any atom is -0.338 e. The van der Waals surface area contributed by atoms with Gasteiger partial charge in [-0.25, -0.2) is 4.79 Å². The van der Waals surface area contributed by atoms with Crippen LogP contribution in [0.5, 0.6) is 0 Å². The molecule has 9 heteroatoms. The summed E-state index contributed by atoms with van der Waals surface area (Å²) in [5, 5.41) is 6.05. The first-order valence-electron chi connectivity index (χ1n) is 7.38. The molecule has 0 saturated heterocycles. The molecule has 0 bridgehead atoms. The van der Waals surface area contributed by atoms with Gasteiger partial charge in [-0.1, -0.05) is 29.4 Å². The first-order valence-corrected chi connectivity index (χ1v) is 7.38. The third-order valence-corrected chi connectivity index (χ3v) is 3.25. The quantitative estimate of drug-likeness (QED) is 0.905. The minimum atomic E-state index is -4.67. The lowest BCUT2D eigenvalue weighted by molar-refractivity contribution is -0.159. The second kappa shape index (κ2) is 7.33. The van der Waals surface area contributed by atoms with Crippen molar-refractivity contribution >= 4 is 6.03 Å². The smallest absolute Gasteiger partial charge is 0.338 e. The zero-order valence-corrected chi connectivity index (χ0v) is 13.2. The first kappa shape index (κ1) is 17.8. The summed E-state index contributed by atoms with van der Waals surface area (Å²) in [5.74, 6) is -1.51. The number of rotatable bonds is 5. The van der Waals surface area contributed by atoms with Crippen LogP contribution in [-0.2, 0) is 12.7 Å². The van der Waals surface area contributed by atoms with Crippen LogP contribution in [0.2, 0.25) is 0 Å². The summed E-state index contributed by atoms with van der Waals surface area (Å²) in [6, 6.07) is 6.43. The highest BCUT2D eigenvalue weighted by molar-refractivity contribution is 5.74. The predicted octanol–water partition coefficient (Wildman–Crippen LogP) is 3.31. The monoisotopic (exact) mass is 342 g/mol. The summed E-state index contributed by atoms with van der Waals surface area (Å²) in [7, 11) is 0. The summed E-state index contributed by atoms with van der Waals surface area (Å²) in [6.45, 7) is 5.16. The van der Waals surface area contributed by atoms with Gasteiger partial charge in [-0.3, -0.25) is 0 Å². The molecular formula is C15H17F3N4O2. The van der Waals surface area contributed by atoms with E-state index in [1.165, 1.54) is 0 Å². The maximum Gasteiger partial charge on any atom is 0.471 e. The summed E-state index contributed by atoms with van der Waals surface area (Å²) in [4.78, 5) is 16.8. The number of nitrogens with one attached hydrogen (secondary N) is 1. The molecule has 6 nitrogen and oxygen atoms in total. The van der Waals surface area contributed by atoms with E-state index in [4.69, 9.17) is 0 Å². The normalized spacial score (nSPS) is 11.4. The number of urea groups is 1. The van der Waals surface area contributed by atoms with Crippen molar-refractivity contribution in [3.8, 4) is 11.4 Å². The molecule has 1 aromatic heterocycles. The van der Waals surface area contributed by atoms with Crippen LogP contribution in [0.4, 0.5) is 18.0 Å². The molecule has 0 spiro atoms. The zero-order valence-electron chi connectivity index (χ0n) is 13.2.